The topological polar surface area (TPSA) is 61.1 Å². The fraction of sp³-hybridized carbons (Fsp3) is 0.0357. The van der Waals surface area contributed by atoms with E-state index < -0.39 is 0 Å². The van der Waals surface area contributed by atoms with Crippen LogP contribution in [0.15, 0.2) is 102 Å². The second-order valence-electron chi connectivity index (χ2n) is 8.09. The maximum atomic E-state index is 13.3. The number of hydrogen-bond acceptors (Lipinski definition) is 3. The van der Waals surface area contributed by atoms with Crippen LogP contribution in [0.2, 0.25) is 0 Å². The SMILES string of the molecule is O=C(Cn1c2c(c(=O)c3ccccc31)C(=O)n1cccc1-2)c1ccc(-c2ccccc2)cc1. The summed E-state index contributed by atoms with van der Waals surface area (Å²) >= 11 is 0. The van der Waals surface area contributed by atoms with Gasteiger partial charge < -0.3 is 4.57 Å². The average Bonchev–Trinajstić information content (AvgIpc) is 3.45. The number of benzene rings is 3. The second kappa shape index (κ2) is 7.28. The van der Waals surface area contributed by atoms with Gasteiger partial charge in [-0.25, -0.2) is 0 Å². The summed E-state index contributed by atoms with van der Waals surface area (Å²) in [7, 11) is 0. The van der Waals surface area contributed by atoms with E-state index in [4.69, 9.17) is 0 Å². The van der Waals surface area contributed by atoms with Crippen LogP contribution in [0.1, 0.15) is 20.7 Å². The Balaban J connectivity index is 1.46. The molecule has 0 unspecified atom stereocenters. The van der Waals surface area contributed by atoms with Gasteiger partial charge in [0, 0.05) is 17.1 Å². The number of fused-ring (bicyclic) bond motifs is 4. The predicted octanol–water partition coefficient (Wildman–Crippen LogP) is 5.02. The summed E-state index contributed by atoms with van der Waals surface area (Å²) in [5, 5.41) is 0.433. The smallest absolute Gasteiger partial charge is 0.268 e. The standard InChI is InChI=1S/C28H18N2O3/c31-24(20-14-12-19(13-15-20)18-7-2-1-3-8-18)17-30-22-10-5-4-9-21(22)27(32)25-26(30)23-11-6-16-29(23)28(25)33/h1-16H,17H2. The number of carbonyl (C=O) groups excluding carboxylic acids is 2. The monoisotopic (exact) mass is 430 g/mol. The zero-order valence-electron chi connectivity index (χ0n) is 17.6. The van der Waals surface area contributed by atoms with Crippen LogP contribution in [0, 0.1) is 0 Å². The van der Waals surface area contributed by atoms with E-state index >= 15 is 0 Å². The lowest BCUT2D eigenvalue weighted by atomic mass is 10.0. The summed E-state index contributed by atoms with van der Waals surface area (Å²) in [6, 6.07) is 28.2. The van der Waals surface area contributed by atoms with E-state index in [0.717, 1.165) is 11.1 Å². The first kappa shape index (κ1) is 19.2. The summed E-state index contributed by atoms with van der Waals surface area (Å²) in [4.78, 5) is 39.4. The minimum Gasteiger partial charge on any atom is -0.330 e. The van der Waals surface area contributed by atoms with Gasteiger partial charge in [-0.3, -0.25) is 19.0 Å². The van der Waals surface area contributed by atoms with Gasteiger partial charge in [0.25, 0.3) is 5.91 Å². The van der Waals surface area contributed by atoms with Gasteiger partial charge in [0.05, 0.1) is 23.4 Å². The van der Waals surface area contributed by atoms with E-state index in [1.807, 2.05) is 66.7 Å². The van der Waals surface area contributed by atoms with Crippen molar-refractivity contribution < 1.29 is 9.59 Å². The molecule has 0 aliphatic carbocycles. The number of carbonyl (C=O) groups is 2. The highest BCUT2D eigenvalue weighted by Crippen LogP contribution is 2.33. The van der Waals surface area contributed by atoms with E-state index in [2.05, 4.69) is 0 Å². The van der Waals surface area contributed by atoms with E-state index in [9.17, 15) is 14.4 Å². The first-order valence-corrected chi connectivity index (χ1v) is 10.7. The molecule has 2 aromatic heterocycles. The molecule has 0 bridgehead atoms. The average molecular weight is 430 g/mol. The Labute approximate surface area is 189 Å². The molecular weight excluding hydrogens is 412 g/mol. The van der Waals surface area contributed by atoms with Gasteiger partial charge in [0.15, 0.2) is 5.78 Å². The third-order valence-electron chi connectivity index (χ3n) is 6.21. The van der Waals surface area contributed by atoms with Crippen molar-refractivity contribution >= 4 is 22.6 Å². The summed E-state index contributed by atoms with van der Waals surface area (Å²) in [5.74, 6) is -0.447. The Morgan fingerprint density at radius 2 is 1.42 bits per heavy atom. The Kier molecular flexibility index (Phi) is 4.23. The zero-order valence-corrected chi connectivity index (χ0v) is 17.6. The first-order valence-electron chi connectivity index (χ1n) is 10.7. The molecule has 5 heteroatoms. The summed E-state index contributed by atoms with van der Waals surface area (Å²) < 4.78 is 3.27. The van der Waals surface area contributed by atoms with Crippen molar-refractivity contribution in [3.05, 3.63) is 119 Å². The molecule has 1 aliphatic rings. The molecule has 0 spiro atoms. The molecule has 0 radical (unpaired) electrons. The van der Waals surface area contributed by atoms with Crippen LogP contribution in [0.3, 0.4) is 0 Å². The molecule has 0 saturated heterocycles. The molecule has 3 heterocycles. The highest BCUT2D eigenvalue weighted by atomic mass is 16.2. The summed E-state index contributed by atoms with van der Waals surface area (Å²) in [6.45, 7) is 0.0201. The van der Waals surface area contributed by atoms with Crippen molar-refractivity contribution in [2.45, 2.75) is 6.54 Å². The van der Waals surface area contributed by atoms with Crippen LogP contribution >= 0.6 is 0 Å². The van der Waals surface area contributed by atoms with Gasteiger partial charge in [-0.15, -0.1) is 0 Å². The van der Waals surface area contributed by atoms with Gasteiger partial charge in [-0.05, 0) is 35.4 Å². The van der Waals surface area contributed by atoms with Crippen molar-refractivity contribution in [2.75, 3.05) is 0 Å². The normalized spacial score (nSPS) is 12.1. The molecule has 33 heavy (non-hydrogen) atoms. The Bertz CT molecular complexity index is 1620. The van der Waals surface area contributed by atoms with Gasteiger partial charge >= 0.3 is 0 Å². The van der Waals surface area contributed by atoms with Crippen LogP contribution in [-0.4, -0.2) is 20.8 Å². The maximum Gasteiger partial charge on any atom is 0.268 e. The summed E-state index contributed by atoms with van der Waals surface area (Å²) in [6.07, 6.45) is 1.65. The number of aromatic nitrogens is 2. The second-order valence-corrected chi connectivity index (χ2v) is 8.09. The third-order valence-corrected chi connectivity index (χ3v) is 6.21. The van der Waals surface area contributed by atoms with Gasteiger partial charge in [0.2, 0.25) is 5.43 Å². The van der Waals surface area contributed by atoms with E-state index in [1.165, 1.54) is 4.57 Å². The van der Waals surface area contributed by atoms with Crippen LogP contribution < -0.4 is 5.43 Å². The maximum absolute atomic E-state index is 13.3. The van der Waals surface area contributed by atoms with E-state index in [1.54, 1.807) is 35.0 Å². The van der Waals surface area contributed by atoms with Crippen molar-refractivity contribution in [3.8, 4) is 22.5 Å². The molecular formula is C28H18N2O3. The molecule has 5 aromatic rings. The fourth-order valence-corrected chi connectivity index (χ4v) is 4.61. The number of pyridine rings is 1. The van der Waals surface area contributed by atoms with Crippen LogP contribution in [0.25, 0.3) is 33.4 Å². The number of ketones is 1. The molecule has 0 atom stereocenters. The van der Waals surface area contributed by atoms with E-state index in [-0.39, 0.29) is 29.2 Å². The number of hydrogen-bond donors (Lipinski definition) is 0. The quantitative estimate of drug-likeness (QED) is 0.369. The molecule has 158 valence electrons. The molecule has 3 aromatic carbocycles. The molecule has 5 nitrogen and oxygen atoms in total. The number of rotatable bonds is 4. The third kappa shape index (κ3) is 2.90. The van der Waals surface area contributed by atoms with Crippen molar-refractivity contribution in [3.63, 3.8) is 0 Å². The highest BCUT2D eigenvalue weighted by molar-refractivity contribution is 6.11. The van der Waals surface area contributed by atoms with Crippen molar-refractivity contribution in [2.24, 2.45) is 0 Å². The van der Waals surface area contributed by atoms with Crippen LogP contribution in [-0.2, 0) is 6.54 Å². The van der Waals surface area contributed by atoms with Gasteiger partial charge in [-0.1, -0.05) is 66.7 Å². The minimum absolute atomic E-state index is 0.0201. The number of nitrogens with zero attached hydrogens (tertiary/aromatic N) is 2. The highest BCUT2D eigenvalue weighted by Gasteiger charge is 2.33. The molecule has 0 saturated carbocycles. The Morgan fingerprint density at radius 1 is 0.727 bits per heavy atom. The molecule has 0 fully saturated rings. The minimum atomic E-state index is -0.353. The van der Waals surface area contributed by atoms with Gasteiger partial charge in [-0.2, -0.15) is 0 Å². The lowest BCUT2D eigenvalue weighted by Gasteiger charge is -2.15. The lowest BCUT2D eigenvalue weighted by Crippen LogP contribution is -2.22. The van der Waals surface area contributed by atoms with Crippen LogP contribution in [0.5, 0.6) is 0 Å². The fourth-order valence-electron chi connectivity index (χ4n) is 4.61. The molecule has 6 rings (SSSR count). The first-order chi connectivity index (χ1) is 16.1. The van der Waals surface area contributed by atoms with Gasteiger partial charge in [0.1, 0.15) is 5.56 Å². The zero-order chi connectivity index (χ0) is 22.5. The predicted molar refractivity (Wildman–Crippen MR) is 128 cm³/mol. The Morgan fingerprint density at radius 3 is 2.21 bits per heavy atom. The number of Topliss-reactive ketones (excluding diaryl/α,β-unsaturated/α-hetero) is 1. The van der Waals surface area contributed by atoms with Crippen molar-refractivity contribution in [1.29, 1.82) is 0 Å². The largest absolute Gasteiger partial charge is 0.330 e. The molecule has 0 N–H and O–H groups in total. The Hall–Kier alpha value is -4.51. The van der Waals surface area contributed by atoms with E-state index in [0.29, 0.717) is 27.9 Å². The molecule has 0 amide bonds. The number of para-hydroxylation sites is 1. The summed E-state index contributed by atoms with van der Waals surface area (Å²) in [5.41, 5.74) is 4.28. The van der Waals surface area contributed by atoms with Crippen molar-refractivity contribution in [1.82, 2.24) is 9.13 Å². The van der Waals surface area contributed by atoms with Crippen LogP contribution in [0.4, 0.5) is 0 Å². The lowest BCUT2D eigenvalue weighted by molar-refractivity contribution is 0.0959. The molecule has 1 aliphatic heterocycles.